The predicted octanol–water partition coefficient (Wildman–Crippen LogP) is 3.65. The molecule has 1 aromatic carbocycles. The molecule has 2 heterocycles. The highest BCUT2D eigenvalue weighted by Crippen LogP contribution is 2.28. The number of hydrogen-bond donors (Lipinski definition) is 1. The number of benzene rings is 1. The fraction of sp³-hybridized carbons (Fsp3) is 0. The monoisotopic (exact) mass is 284 g/mol. The second-order valence-corrected chi connectivity index (χ2v) is 4.64. The van der Waals surface area contributed by atoms with Gasteiger partial charge in [0.15, 0.2) is 0 Å². The molecule has 3 aromatic rings. The summed E-state index contributed by atoms with van der Waals surface area (Å²) in [6, 6.07) is 10.2. The van der Waals surface area contributed by atoms with Crippen LogP contribution in [0.1, 0.15) is 10.4 Å². The standard InChI is InChI=1S/C15H9ClN2O2/c16-12-3-1-2-10-11(15(19)20)8-13(18-14(10)12)9-4-6-17-7-5-9/h1-8H,(H,19,20). The van der Waals surface area contributed by atoms with Gasteiger partial charge < -0.3 is 5.11 Å². The lowest BCUT2D eigenvalue weighted by Crippen LogP contribution is -2.00. The number of para-hydroxylation sites is 1. The van der Waals surface area contributed by atoms with Crippen LogP contribution in [0, 0.1) is 0 Å². The molecule has 0 unspecified atom stereocenters. The van der Waals surface area contributed by atoms with Gasteiger partial charge in [-0.3, -0.25) is 4.98 Å². The Bertz CT molecular complexity index is 804. The van der Waals surface area contributed by atoms with Crippen molar-refractivity contribution in [3.63, 3.8) is 0 Å². The van der Waals surface area contributed by atoms with Gasteiger partial charge in [0.25, 0.3) is 0 Å². The summed E-state index contributed by atoms with van der Waals surface area (Å²) in [6.45, 7) is 0. The number of aromatic nitrogens is 2. The molecule has 5 heteroatoms. The number of nitrogens with zero attached hydrogens (tertiary/aromatic N) is 2. The molecule has 4 nitrogen and oxygen atoms in total. The quantitative estimate of drug-likeness (QED) is 0.780. The maximum Gasteiger partial charge on any atom is 0.336 e. The summed E-state index contributed by atoms with van der Waals surface area (Å²) in [7, 11) is 0. The van der Waals surface area contributed by atoms with E-state index in [2.05, 4.69) is 9.97 Å². The predicted molar refractivity (Wildman–Crippen MR) is 76.9 cm³/mol. The smallest absolute Gasteiger partial charge is 0.336 e. The Hall–Kier alpha value is -2.46. The third-order valence-electron chi connectivity index (χ3n) is 3.00. The molecular weight excluding hydrogens is 276 g/mol. The largest absolute Gasteiger partial charge is 0.478 e. The van der Waals surface area contributed by atoms with Gasteiger partial charge in [-0.1, -0.05) is 23.7 Å². The van der Waals surface area contributed by atoms with Gasteiger partial charge in [0, 0.05) is 23.3 Å². The first-order chi connectivity index (χ1) is 9.66. The van der Waals surface area contributed by atoms with Crippen LogP contribution in [0.15, 0.2) is 48.8 Å². The van der Waals surface area contributed by atoms with E-state index < -0.39 is 5.97 Å². The molecular formula is C15H9ClN2O2. The van der Waals surface area contributed by atoms with E-state index in [1.807, 2.05) is 0 Å². The first kappa shape index (κ1) is 12.6. The molecule has 0 atom stereocenters. The molecule has 0 radical (unpaired) electrons. The molecule has 2 aromatic heterocycles. The first-order valence-electron chi connectivity index (χ1n) is 5.90. The molecule has 0 aliphatic rings. The number of carboxylic acid groups (broad SMARTS) is 1. The zero-order valence-electron chi connectivity index (χ0n) is 10.2. The second kappa shape index (κ2) is 4.90. The lowest BCUT2D eigenvalue weighted by atomic mass is 10.0. The van der Waals surface area contributed by atoms with Crippen molar-refractivity contribution in [1.29, 1.82) is 0 Å². The van der Waals surface area contributed by atoms with Crippen LogP contribution in [0.5, 0.6) is 0 Å². The number of aromatic carboxylic acids is 1. The van der Waals surface area contributed by atoms with Gasteiger partial charge in [0.2, 0.25) is 0 Å². The highest BCUT2D eigenvalue weighted by atomic mass is 35.5. The summed E-state index contributed by atoms with van der Waals surface area (Å²) in [5, 5.41) is 10.3. The van der Waals surface area contributed by atoms with Crippen molar-refractivity contribution < 1.29 is 9.90 Å². The maximum absolute atomic E-state index is 11.4. The molecule has 0 amide bonds. The summed E-state index contributed by atoms with van der Waals surface area (Å²) < 4.78 is 0. The number of pyridine rings is 2. The normalized spacial score (nSPS) is 10.7. The van der Waals surface area contributed by atoms with E-state index in [-0.39, 0.29) is 5.56 Å². The number of carbonyl (C=O) groups is 1. The maximum atomic E-state index is 11.4. The Labute approximate surface area is 119 Å². The number of rotatable bonds is 2. The molecule has 98 valence electrons. The van der Waals surface area contributed by atoms with Gasteiger partial charge in [-0.15, -0.1) is 0 Å². The fourth-order valence-electron chi connectivity index (χ4n) is 2.06. The van der Waals surface area contributed by atoms with Gasteiger partial charge in [-0.25, -0.2) is 9.78 Å². The Balaban J connectivity index is 2.36. The van der Waals surface area contributed by atoms with Crippen LogP contribution in [0.3, 0.4) is 0 Å². The molecule has 0 bridgehead atoms. The number of hydrogen-bond acceptors (Lipinski definition) is 3. The van der Waals surface area contributed by atoms with Gasteiger partial charge in [-0.2, -0.15) is 0 Å². The van der Waals surface area contributed by atoms with E-state index in [0.717, 1.165) is 5.56 Å². The van der Waals surface area contributed by atoms with Crippen LogP contribution in [0.25, 0.3) is 22.2 Å². The average Bonchev–Trinajstić information content (AvgIpc) is 2.47. The van der Waals surface area contributed by atoms with Crippen molar-refractivity contribution in [1.82, 2.24) is 9.97 Å². The molecule has 0 aliphatic carbocycles. The van der Waals surface area contributed by atoms with Crippen molar-refractivity contribution in [2.75, 3.05) is 0 Å². The topological polar surface area (TPSA) is 63.1 Å². The Morgan fingerprint density at radius 1 is 1.15 bits per heavy atom. The minimum atomic E-state index is -1.00. The molecule has 0 spiro atoms. The Kier molecular flexibility index (Phi) is 3.08. The fourth-order valence-corrected chi connectivity index (χ4v) is 2.28. The summed E-state index contributed by atoms with van der Waals surface area (Å²) in [5.41, 5.74) is 2.03. The molecule has 0 aliphatic heterocycles. The van der Waals surface area contributed by atoms with Crippen LogP contribution in [0.2, 0.25) is 5.02 Å². The minimum absolute atomic E-state index is 0.185. The zero-order chi connectivity index (χ0) is 14.1. The third-order valence-corrected chi connectivity index (χ3v) is 3.30. The highest BCUT2D eigenvalue weighted by molar-refractivity contribution is 6.35. The molecule has 0 saturated carbocycles. The Morgan fingerprint density at radius 3 is 2.60 bits per heavy atom. The van der Waals surface area contributed by atoms with Crippen molar-refractivity contribution in [2.45, 2.75) is 0 Å². The SMILES string of the molecule is O=C(O)c1cc(-c2ccncc2)nc2c(Cl)cccc12. The van der Waals surface area contributed by atoms with E-state index in [1.54, 1.807) is 48.8 Å². The van der Waals surface area contributed by atoms with Crippen molar-refractivity contribution in [3.05, 3.63) is 59.4 Å². The number of halogens is 1. The molecule has 0 fully saturated rings. The minimum Gasteiger partial charge on any atom is -0.478 e. The lowest BCUT2D eigenvalue weighted by Gasteiger charge is -2.08. The summed E-state index contributed by atoms with van der Waals surface area (Å²) in [6.07, 6.45) is 3.27. The third kappa shape index (κ3) is 2.10. The molecule has 1 N–H and O–H groups in total. The summed E-state index contributed by atoms with van der Waals surface area (Å²) >= 11 is 6.13. The molecule has 3 rings (SSSR count). The lowest BCUT2D eigenvalue weighted by molar-refractivity contribution is 0.0699. The molecule has 0 saturated heterocycles. The zero-order valence-corrected chi connectivity index (χ0v) is 11.0. The Morgan fingerprint density at radius 2 is 1.90 bits per heavy atom. The average molecular weight is 285 g/mol. The van der Waals surface area contributed by atoms with Crippen molar-refractivity contribution in [2.24, 2.45) is 0 Å². The van der Waals surface area contributed by atoms with E-state index in [1.165, 1.54) is 0 Å². The van der Waals surface area contributed by atoms with E-state index in [4.69, 9.17) is 11.6 Å². The van der Waals surface area contributed by atoms with Crippen LogP contribution in [-0.4, -0.2) is 21.0 Å². The summed E-state index contributed by atoms with van der Waals surface area (Å²) in [5.74, 6) is -1.00. The van der Waals surface area contributed by atoms with Crippen LogP contribution < -0.4 is 0 Å². The number of carboxylic acids is 1. The van der Waals surface area contributed by atoms with Crippen LogP contribution in [-0.2, 0) is 0 Å². The van der Waals surface area contributed by atoms with Gasteiger partial charge in [0.1, 0.15) is 0 Å². The van der Waals surface area contributed by atoms with E-state index in [0.29, 0.717) is 21.6 Å². The highest BCUT2D eigenvalue weighted by Gasteiger charge is 2.14. The van der Waals surface area contributed by atoms with Gasteiger partial charge >= 0.3 is 5.97 Å². The number of fused-ring (bicyclic) bond motifs is 1. The molecule has 20 heavy (non-hydrogen) atoms. The van der Waals surface area contributed by atoms with E-state index >= 15 is 0 Å². The van der Waals surface area contributed by atoms with Gasteiger partial charge in [-0.05, 0) is 24.3 Å². The van der Waals surface area contributed by atoms with Crippen LogP contribution >= 0.6 is 11.6 Å². The first-order valence-corrected chi connectivity index (χ1v) is 6.27. The second-order valence-electron chi connectivity index (χ2n) is 4.23. The van der Waals surface area contributed by atoms with Crippen molar-refractivity contribution in [3.8, 4) is 11.3 Å². The van der Waals surface area contributed by atoms with Crippen LogP contribution in [0.4, 0.5) is 0 Å². The summed E-state index contributed by atoms with van der Waals surface area (Å²) in [4.78, 5) is 19.8. The van der Waals surface area contributed by atoms with Gasteiger partial charge in [0.05, 0.1) is 21.8 Å². The van der Waals surface area contributed by atoms with E-state index in [9.17, 15) is 9.90 Å². The van der Waals surface area contributed by atoms with Crippen molar-refractivity contribution >= 4 is 28.5 Å².